The lowest BCUT2D eigenvalue weighted by Crippen LogP contribution is -2.06. The zero-order chi connectivity index (χ0) is 10.7. The summed E-state index contributed by atoms with van der Waals surface area (Å²) < 4.78 is 0. The van der Waals surface area contributed by atoms with Crippen LogP contribution in [-0.2, 0) is 9.63 Å². The average molecular weight is 205 g/mol. The van der Waals surface area contributed by atoms with Crippen molar-refractivity contribution in [1.82, 2.24) is 0 Å². The molecule has 0 fully saturated rings. The number of benzene rings is 1. The minimum absolute atomic E-state index is 0.184. The largest absolute Gasteiger partial charge is 0.388 e. The Labute approximate surface area is 87.2 Å². The maximum absolute atomic E-state index is 10.8. The second-order valence-corrected chi connectivity index (χ2v) is 3.43. The third kappa shape index (κ3) is 2.41. The van der Waals surface area contributed by atoms with Crippen molar-refractivity contribution in [3.8, 4) is 0 Å². The Morgan fingerprint density at radius 3 is 2.73 bits per heavy atom. The van der Waals surface area contributed by atoms with Gasteiger partial charge in [0.1, 0.15) is 0 Å². The number of hydrogen-bond donors (Lipinski definition) is 1. The smallest absolute Gasteiger partial charge is 0.340 e. The van der Waals surface area contributed by atoms with Crippen molar-refractivity contribution in [2.75, 3.05) is 0 Å². The highest BCUT2D eigenvalue weighted by Gasteiger charge is 2.20. The van der Waals surface area contributed by atoms with Crippen molar-refractivity contribution in [1.29, 1.82) is 0 Å². The Balaban J connectivity index is 1.99. The Morgan fingerprint density at radius 1 is 1.40 bits per heavy atom. The maximum Gasteiger partial charge on any atom is 0.340 e. The molecule has 1 aliphatic rings. The van der Waals surface area contributed by atoms with Gasteiger partial charge in [-0.15, -0.1) is 0 Å². The van der Waals surface area contributed by atoms with Gasteiger partial charge in [0.05, 0.1) is 18.2 Å². The van der Waals surface area contributed by atoms with Gasteiger partial charge < -0.3 is 9.94 Å². The predicted octanol–water partition coefficient (Wildman–Crippen LogP) is 1.41. The van der Waals surface area contributed by atoms with Crippen LogP contribution in [-0.4, -0.2) is 16.8 Å². The fraction of sp³-hybridized carbons (Fsp3) is 0.273. The zero-order valence-corrected chi connectivity index (χ0v) is 8.09. The summed E-state index contributed by atoms with van der Waals surface area (Å²) in [4.78, 5) is 15.2. The number of oxime groups is 1. The van der Waals surface area contributed by atoms with Crippen molar-refractivity contribution in [2.24, 2.45) is 5.16 Å². The van der Waals surface area contributed by atoms with E-state index in [9.17, 15) is 9.90 Å². The van der Waals surface area contributed by atoms with Crippen LogP contribution in [0.5, 0.6) is 0 Å². The van der Waals surface area contributed by atoms with Gasteiger partial charge in [0.25, 0.3) is 0 Å². The molecular weight excluding hydrogens is 194 g/mol. The van der Waals surface area contributed by atoms with Crippen LogP contribution in [0.25, 0.3) is 0 Å². The topological polar surface area (TPSA) is 58.9 Å². The van der Waals surface area contributed by atoms with Gasteiger partial charge in [-0.3, -0.25) is 0 Å². The summed E-state index contributed by atoms with van der Waals surface area (Å²) in [7, 11) is 0. The van der Waals surface area contributed by atoms with Crippen LogP contribution < -0.4 is 0 Å². The fourth-order valence-electron chi connectivity index (χ4n) is 1.47. The van der Waals surface area contributed by atoms with E-state index in [1.54, 1.807) is 0 Å². The summed E-state index contributed by atoms with van der Waals surface area (Å²) in [5, 5.41) is 13.4. The molecule has 0 aromatic heterocycles. The Hall–Kier alpha value is -1.68. The molecular formula is C11H11NO3. The van der Waals surface area contributed by atoms with Gasteiger partial charge in [0.2, 0.25) is 0 Å². The summed E-state index contributed by atoms with van der Waals surface area (Å²) in [6, 6.07) is 9.27. The van der Waals surface area contributed by atoms with Gasteiger partial charge >= 0.3 is 5.97 Å². The number of rotatable bonds is 3. The number of aliphatic hydroxyl groups is 1. The van der Waals surface area contributed by atoms with E-state index in [-0.39, 0.29) is 12.4 Å². The van der Waals surface area contributed by atoms with E-state index in [1.165, 1.54) is 0 Å². The van der Waals surface area contributed by atoms with Crippen LogP contribution in [0.15, 0.2) is 35.5 Å². The molecule has 1 aromatic carbocycles. The highest BCUT2D eigenvalue weighted by molar-refractivity contribution is 6.02. The molecule has 4 heteroatoms. The standard InChI is InChI=1S/C11H11NO3/c13-10(8-4-2-1-3-5-8)6-9-7-11(14)15-12-9/h1-5,10,13H,6-7H2. The Kier molecular flexibility index (Phi) is 2.78. The predicted molar refractivity (Wildman–Crippen MR) is 54.2 cm³/mol. The summed E-state index contributed by atoms with van der Waals surface area (Å²) in [6.45, 7) is 0. The number of nitrogens with zero attached hydrogens (tertiary/aromatic N) is 1. The van der Waals surface area contributed by atoms with Crippen molar-refractivity contribution in [3.63, 3.8) is 0 Å². The molecule has 2 rings (SSSR count). The van der Waals surface area contributed by atoms with Gasteiger partial charge in [-0.25, -0.2) is 4.79 Å². The van der Waals surface area contributed by atoms with E-state index in [2.05, 4.69) is 9.99 Å². The molecule has 1 unspecified atom stereocenters. The molecule has 0 aliphatic carbocycles. The molecule has 78 valence electrons. The zero-order valence-electron chi connectivity index (χ0n) is 8.09. The molecule has 0 saturated heterocycles. The third-order valence-corrected chi connectivity index (χ3v) is 2.24. The minimum atomic E-state index is -0.626. The first kappa shape index (κ1) is 9.86. The van der Waals surface area contributed by atoms with E-state index in [0.29, 0.717) is 12.1 Å². The summed E-state index contributed by atoms with van der Waals surface area (Å²) in [6.07, 6.45) is -0.0981. The second-order valence-electron chi connectivity index (χ2n) is 3.43. The van der Waals surface area contributed by atoms with Crippen molar-refractivity contribution in [2.45, 2.75) is 18.9 Å². The molecule has 0 spiro atoms. The lowest BCUT2D eigenvalue weighted by molar-refractivity contribution is -0.140. The van der Waals surface area contributed by atoms with Crippen molar-refractivity contribution in [3.05, 3.63) is 35.9 Å². The molecule has 0 bridgehead atoms. The van der Waals surface area contributed by atoms with Crippen molar-refractivity contribution < 1.29 is 14.7 Å². The highest BCUT2D eigenvalue weighted by Crippen LogP contribution is 2.19. The van der Waals surface area contributed by atoms with Crippen LogP contribution in [0.3, 0.4) is 0 Å². The maximum atomic E-state index is 10.8. The molecule has 1 aromatic rings. The normalized spacial score (nSPS) is 17.1. The fourth-order valence-corrected chi connectivity index (χ4v) is 1.47. The van der Waals surface area contributed by atoms with Gasteiger partial charge in [-0.05, 0) is 5.56 Å². The van der Waals surface area contributed by atoms with Crippen LogP contribution in [0.4, 0.5) is 0 Å². The second kappa shape index (κ2) is 4.23. The van der Waals surface area contributed by atoms with Crippen LogP contribution in [0.2, 0.25) is 0 Å². The Morgan fingerprint density at radius 2 is 2.13 bits per heavy atom. The Bertz CT molecular complexity index is 386. The third-order valence-electron chi connectivity index (χ3n) is 2.24. The number of carbonyl (C=O) groups excluding carboxylic acids is 1. The molecule has 1 heterocycles. The van der Waals surface area contributed by atoms with Gasteiger partial charge in [-0.2, -0.15) is 0 Å². The van der Waals surface area contributed by atoms with Crippen LogP contribution in [0, 0.1) is 0 Å². The molecule has 0 saturated carbocycles. The monoisotopic (exact) mass is 205 g/mol. The average Bonchev–Trinajstić information content (AvgIpc) is 2.65. The molecule has 1 N–H and O–H groups in total. The number of aliphatic hydroxyl groups excluding tert-OH is 1. The van der Waals surface area contributed by atoms with E-state index in [1.807, 2.05) is 30.3 Å². The molecule has 0 radical (unpaired) electrons. The SMILES string of the molecule is O=C1CC(CC(O)c2ccccc2)=NO1. The lowest BCUT2D eigenvalue weighted by atomic mass is 10.0. The highest BCUT2D eigenvalue weighted by atomic mass is 16.7. The van der Waals surface area contributed by atoms with E-state index >= 15 is 0 Å². The lowest BCUT2D eigenvalue weighted by Gasteiger charge is -2.08. The van der Waals surface area contributed by atoms with Gasteiger partial charge in [0.15, 0.2) is 0 Å². The molecule has 0 amide bonds. The number of hydrogen-bond acceptors (Lipinski definition) is 4. The van der Waals surface area contributed by atoms with E-state index < -0.39 is 6.10 Å². The molecule has 1 atom stereocenters. The minimum Gasteiger partial charge on any atom is -0.388 e. The first-order valence-electron chi connectivity index (χ1n) is 4.74. The van der Waals surface area contributed by atoms with Crippen molar-refractivity contribution >= 4 is 11.7 Å². The molecule has 1 aliphatic heterocycles. The summed E-state index contributed by atoms with van der Waals surface area (Å²) in [5.41, 5.74) is 1.41. The summed E-state index contributed by atoms with van der Waals surface area (Å²) in [5.74, 6) is -0.356. The first-order valence-corrected chi connectivity index (χ1v) is 4.74. The molecule has 15 heavy (non-hydrogen) atoms. The van der Waals surface area contributed by atoms with Gasteiger partial charge in [0, 0.05) is 6.42 Å². The summed E-state index contributed by atoms with van der Waals surface area (Å²) >= 11 is 0. The van der Waals surface area contributed by atoms with Crippen LogP contribution >= 0.6 is 0 Å². The van der Waals surface area contributed by atoms with Gasteiger partial charge in [-0.1, -0.05) is 35.5 Å². The van der Waals surface area contributed by atoms with E-state index in [0.717, 1.165) is 5.56 Å². The molecule has 4 nitrogen and oxygen atoms in total. The number of carbonyl (C=O) groups is 1. The van der Waals surface area contributed by atoms with E-state index in [4.69, 9.17) is 0 Å². The quantitative estimate of drug-likeness (QED) is 0.759. The van der Waals surface area contributed by atoms with Crippen LogP contribution in [0.1, 0.15) is 24.5 Å². The first-order chi connectivity index (χ1) is 7.25.